The van der Waals surface area contributed by atoms with Gasteiger partial charge >= 0.3 is 5.97 Å². The monoisotopic (exact) mass is 415 g/mol. The molecule has 1 heterocycles. The minimum atomic E-state index is -0.480. The van der Waals surface area contributed by atoms with E-state index in [0.717, 1.165) is 20.2 Å². The Morgan fingerprint density at radius 1 is 1.29 bits per heavy atom. The minimum Gasteiger partial charge on any atom is -0.463 e. The molecule has 1 unspecified atom stereocenters. The molecule has 1 aromatic carbocycles. The van der Waals surface area contributed by atoms with Gasteiger partial charge in [-0.2, -0.15) is 0 Å². The summed E-state index contributed by atoms with van der Waals surface area (Å²) in [6.07, 6.45) is 0. The molecule has 0 amide bonds. The maximum absolute atomic E-state index is 11.4. The van der Waals surface area contributed by atoms with Crippen molar-refractivity contribution in [2.45, 2.75) is 19.9 Å². The number of halogens is 2. The smallest absolute Gasteiger partial charge is 0.373 e. The zero-order valence-electron chi connectivity index (χ0n) is 11.9. The second-order valence-corrected chi connectivity index (χ2v) is 6.37. The van der Waals surface area contributed by atoms with E-state index in [4.69, 9.17) is 4.42 Å². The van der Waals surface area contributed by atoms with Crippen molar-refractivity contribution in [3.63, 3.8) is 0 Å². The highest BCUT2D eigenvalue weighted by Crippen LogP contribution is 2.35. The van der Waals surface area contributed by atoms with E-state index in [0.29, 0.717) is 5.76 Å². The fourth-order valence-corrected chi connectivity index (χ4v) is 3.57. The Hall–Kier alpha value is -1.27. The highest BCUT2D eigenvalue weighted by Gasteiger charge is 2.17. The van der Waals surface area contributed by atoms with Crippen molar-refractivity contribution in [1.29, 1.82) is 0 Å². The first kappa shape index (κ1) is 16.1. The van der Waals surface area contributed by atoms with Gasteiger partial charge in [-0.1, -0.05) is 0 Å². The molecule has 0 bridgehead atoms. The number of benzene rings is 1. The fourth-order valence-electron chi connectivity index (χ4n) is 1.92. The molecule has 21 heavy (non-hydrogen) atoms. The molecule has 0 aliphatic rings. The SMILES string of the molecule is COC(=O)c1ccc(C(C)Nc2c(Br)cc(C)cc2Br)o1. The zero-order valence-corrected chi connectivity index (χ0v) is 15.0. The van der Waals surface area contributed by atoms with Crippen LogP contribution < -0.4 is 5.32 Å². The minimum absolute atomic E-state index is 0.0984. The van der Waals surface area contributed by atoms with Gasteiger partial charge in [0.25, 0.3) is 0 Å². The quantitative estimate of drug-likeness (QED) is 0.706. The number of anilines is 1. The molecule has 112 valence electrons. The van der Waals surface area contributed by atoms with Crippen LogP contribution in [0.15, 0.2) is 37.6 Å². The molecule has 1 N–H and O–H groups in total. The van der Waals surface area contributed by atoms with Crippen molar-refractivity contribution in [2.24, 2.45) is 0 Å². The van der Waals surface area contributed by atoms with E-state index >= 15 is 0 Å². The third-order valence-electron chi connectivity index (χ3n) is 2.99. The first-order chi connectivity index (χ1) is 9.92. The van der Waals surface area contributed by atoms with Crippen molar-refractivity contribution in [1.82, 2.24) is 0 Å². The van der Waals surface area contributed by atoms with E-state index in [2.05, 4.69) is 41.9 Å². The number of carbonyl (C=O) groups excluding carboxylic acids is 1. The average molecular weight is 417 g/mol. The Kier molecular flexibility index (Phi) is 5.11. The molecule has 0 fully saturated rings. The van der Waals surface area contributed by atoms with Crippen LogP contribution in [0, 0.1) is 6.92 Å². The maximum Gasteiger partial charge on any atom is 0.373 e. The number of aryl methyl sites for hydroxylation is 1. The first-order valence-corrected chi connectivity index (χ1v) is 7.91. The highest BCUT2D eigenvalue weighted by atomic mass is 79.9. The van der Waals surface area contributed by atoms with Crippen LogP contribution in [0.2, 0.25) is 0 Å². The Morgan fingerprint density at radius 3 is 2.48 bits per heavy atom. The summed E-state index contributed by atoms with van der Waals surface area (Å²) < 4.78 is 12.1. The lowest BCUT2D eigenvalue weighted by atomic mass is 10.2. The number of hydrogen-bond acceptors (Lipinski definition) is 4. The Morgan fingerprint density at radius 2 is 1.90 bits per heavy atom. The summed E-state index contributed by atoms with van der Waals surface area (Å²) in [4.78, 5) is 11.4. The van der Waals surface area contributed by atoms with Crippen molar-refractivity contribution >= 4 is 43.5 Å². The lowest BCUT2D eigenvalue weighted by Crippen LogP contribution is -2.07. The van der Waals surface area contributed by atoms with E-state index in [9.17, 15) is 4.79 Å². The van der Waals surface area contributed by atoms with Crippen LogP contribution in [-0.2, 0) is 4.74 Å². The number of nitrogens with one attached hydrogen (secondary N) is 1. The number of ether oxygens (including phenoxy) is 1. The van der Waals surface area contributed by atoms with Gasteiger partial charge in [-0.3, -0.25) is 0 Å². The van der Waals surface area contributed by atoms with Gasteiger partial charge < -0.3 is 14.5 Å². The van der Waals surface area contributed by atoms with Crippen LogP contribution >= 0.6 is 31.9 Å². The number of hydrogen-bond donors (Lipinski definition) is 1. The van der Waals surface area contributed by atoms with E-state index < -0.39 is 5.97 Å². The molecule has 6 heteroatoms. The van der Waals surface area contributed by atoms with Crippen LogP contribution in [-0.4, -0.2) is 13.1 Å². The van der Waals surface area contributed by atoms with Crippen molar-refractivity contribution in [2.75, 3.05) is 12.4 Å². The molecule has 1 aromatic heterocycles. The van der Waals surface area contributed by atoms with Gasteiger partial charge in [-0.15, -0.1) is 0 Å². The number of esters is 1. The predicted octanol–water partition coefficient (Wildman–Crippen LogP) is 5.07. The zero-order chi connectivity index (χ0) is 15.6. The summed E-state index contributed by atoms with van der Waals surface area (Å²) in [7, 11) is 1.33. The van der Waals surface area contributed by atoms with Crippen LogP contribution in [0.5, 0.6) is 0 Å². The molecule has 2 rings (SSSR count). The number of carbonyl (C=O) groups is 1. The lowest BCUT2D eigenvalue weighted by Gasteiger charge is -2.16. The van der Waals surface area contributed by atoms with Crippen LogP contribution in [0.4, 0.5) is 5.69 Å². The number of rotatable bonds is 4. The van der Waals surface area contributed by atoms with Gasteiger partial charge in [0.1, 0.15) is 5.76 Å². The highest BCUT2D eigenvalue weighted by molar-refractivity contribution is 9.11. The molecule has 0 spiro atoms. The standard InChI is InChI=1S/C15H15Br2NO3/c1-8-6-10(16)14(11(17)7-8)18-9(2)12-4-5-13(21-12)15(19)20-3/h4-7,9,18H,1-3H3. The molecular formula is C15H15Br2NO3. The number of methoxy groups -OCH3 is 1. The average Bonchev–Trinajstić information content (AvgIpc) is 2.91. The summed E-state index contributed by atoms with van der Waals surface area (Å²) >= 11 is 7.08. The Balaban J connectivity index is 2.20. The summed E-state index contributed by atoms with van der Waals surface area (Å²) in [6, 6.07) is 7.33. The Labute approximate surface area is 140 Å². The van der Waals surface area contributed by atoms with E-state index in [1.165, 1.54) is 7.11 Å². The lowest BCUT2D eigenvalue weighted by molar-refractivity contribution is 0.0562. The summed E-state index contributed by atoms with van der Waals surface area (Å²) in [5, 5.41) is 3.35. The van der Waals surface area contributed by atoms with Gasteiger partial charge in [0.05, 0.1) is 18.8 Å². The van der Waals surface area contributed by atoms with E-state index in [1.807, 2.05) is 26.0 Å². The van der Waals surface area contributed by atoms with Gasteiger partial charge in [0.2, 0.25) is 5.76 Å². The second kappa shape index (κ2) is 6.66. The van der Waals surface area contributed by atoms with Crippen molar-refractivity contribution < 1.29 is 13.9 Å². The predicted molar refractivity (Wildman–Crippen MR) is 88.7 cm³/mol. The molecule has 0 aliphatic carbocycles. The summed E-state index contributed by atoms with van der Waals surface area (Å²) in [6.45, 7) is 3.98. The molecule has 0 radical (unpaired) electrons. The van der Waals surface area contributed by atoms with Gasteiger partial charge in [0, 0.05) is 8.95 Å². The van der Waals surface area contributed by atoms with Crippen LogP contribution in [0.3, 0.4) is 0 Å². The molecule has 4 nitrogen and oxygen atoms in total. The third-order valence-corrected chi connectivity index (χ3v) is 4.24. The van der Waals surface area contributed by atoms with Gasteiger partial charge in [-0.05, 0) is 75.5 Å². The fraction of sp³-hybridized carbons (Fsp3) is 0.267. The molecule has 2 aromatic rings. The molecule has 0 aliphatic heterocycles. The number of furan rings is 1. The topological polar surface area (TPSA) is 51.5 Å². The normalized spacial score (nSPS) is 12.0. The van der Waals surface area contributed by atoms with Gasteiger partial charge in [-0.25, -0.2) is 4.79 Å². The molecule has 0 saturated heterocycles. The van der Waals surface area contributed by atoms with Crippen LogP contribution in [0.1, 0.15) is 34.8 Å². The summed E-state index contributed by atoms with van der Waals surface area (Å²) in [5.74, 6) is 0.379. The molecular weight excluding hydrogens is 402 g/mol. The molecule has 0 saturated carbocycles. The second-order valence-electron chi connectivity index (χ2n) is 4.66. The Bertz CT molecular complexity index is 644. The maximum atomic E-state index is 11.4. The first-order valence-electron chi connectivity index (χ1n) is 6.32. The molecule has 1 atom stereocenters. The summed E-state index contributed by atoms with van der Waals surface area (Å²) in [5.41, 5.74) is 2.09. The van der Waals surface area contributed by atoms with E-state index in [1.54, 1.807) is 12.1 Å². The van der Waals surface area contributed by atoms with Crippen LogP contribution in [0.25, 0.3) is 0 Å². The van der Waals surface area contributed by atoms with Crippen molar-refractivity contribution in [3.05, 3.63) is 50.3 Å². The van der Waals surface area contributed by atoms with E-state index in [-0.39, 0.29) is 11.8 Å². The van der Waals surface area contributed by atoms with Crippen molar-refractivity contribution in [3.8, 4) is 0 Å². The third kappa shape index (κ3) is 3.68. The largest absolute Gasteiger partial charge is 0.463 e. The van der Waals surface area contributed by atoms with Gasteiger partial charge in [0.15, 0.2) is 0 Å².